The fourth-order valence-corrected chi connectivity index (χ4v) is 4.38. The van der Waals surface area contributed by atoms with Gasteiger partial charge in [-0.3, -0.25) is 9.58 Å². The molecular weight excluding hydrogens is 378 g/mol. The predicted molar refractivity (Wildman–Crippen MR) is 114 cm³/mol. The third-order valence-electron chi connectivity index (χ3n) is 6.16. The van der Waals surface area contributed by atoms with Crippen LogP contribution in [0.1, 0.15) is 40.3 Å². The van der Waals surface area contributed by atoms with Gasteiger partial charge in [0.1, 0.15) is 0 Å². The maximum atomic E-state index is 6.59. The van der Waals surface area contributed by atoms with Crippen LogP contribution in [-0.2, 0) is 18.3 Å². The second-order valence-corrected chi connectivity index (χ2v) is 8.10. The fraction of sp³-hybridized carbons (Fsp3) is 0.375. The van der Waals surface area contributed by atoms with Crippen molar-refractivity contribution < 1.29 is 14.2 Å². The van der Waals surface area contributed by atoms with Gasteiger partial charge in [-0.25, -0.2) is 0 Å². The maximum Gasteiger partial charge on any atom is 0.231 e. The van der Waals surface area contributed by atoms with Gasteiger partial charge in [-0.15, -0.1) is 0 Å². The van der Waals surface area contributed by atoms with Gasteiger partial charge in [0.25, 0.3) is 0 Å². The summed E-state index contributed by atoms with van der Waals surface area (Å²) in [7, 11) is 2.01. The molecule has 6 heteroatoms. The Bertz CT molecular complexity index is 1050. The van der Waals surface area contributed by atoms with E-state index in [4.69, 9.17) is 14.2 Å². The molecule has 2 aliphatic rings. The first kappa shape index (κ1) is 19.2. The first-order valence-corrected chi connectivity index (χ1v) is 10.4. The molecule has 0 amide bonds. The largest absolute Gasteiger partial charge is 0.454 e. The highest BCUT2D eigenvalue weighted by molar-refractivity contribution is 5.45. The summed E-state index contributed by atoms with van der Waals surface area (Å²) in [4.78, 5) is 2.48. The first-order chi connectivity index (χ1) is 14.6. The van der Waals surface area contributed by atoms with Crippen molar-refractivity contribution in [3.05, 3.63) is 76.6 Å². The molecule has 0 unspecified atom stereocenters. The average molecular weight is 405 g/mol. The van der Waals surface area contributed by atoms with Crippen molar-refractivity contribution >= 4 is 0 Å². The van der Waals surface area contributed by atoms with E-state index in [9.17, 15) is 0 Å². The summed E-state index contributed by atoms with van der Waals surface area (Å²) in [6, 6.07) is 16.6. The van der Waals surface area contributed by atoms with E-state index < -0.39 is 0 Å². The molecule has 156 valence electrons. The minimum Gasteiger partial charge on any atom is -0.454 e. The van der Waals surface area contributed by atoms with E-state index in [-0.39, 0.29) is 19.0 Å². The summed E-state index contributed by atoms with van der Waals surface area (Å²) in [5.41, 5.74) is 5.93. The van der Waals surface area contributed by atoms with Gasteiger partial charge in [-0.2, -0.15) is 5.10 Å². The summed E-state index contributed by atoms with van der Waals surface area (Å²) in [6.07, 6.45) is -0.0385. The Morgan fingerprint density at radius 2 is 1.67 bits per heavy atom. The van der Waals surface area contributed by atoms with Crippen molar-refractivity contribution in [2.24, 2.45) is 7.05 Å². The topological polar surface area (TPSA) is 48.8 Å². The van der Waals surface area contributed by atoms with Crippen LogP contribution in [-0.4, -0.2) is 34.6 Å². The van der Waals surface area contributed by atoms with Crippen molar-refractivity contribution in [3.8, 4) is 11.5 Å². The number of fused-ring (bicyclic) bond motifs is 1. The highest BCUT2D eigenvalue weighted by atomic mass is 16.7. The number of nitrogens with zero attached hydrogens (tertiary/aromatic N) is 3. The summed E-state index contributed by atoms with van der Waals surface area (Å²) in [5, 5.41) is 4.60. The Morgan fingerprint density at radius 3 is 2.40 bits per heavy atom. The number of aryl methyl sites for hydroxylation is 2. The van der Waals surface area contributed by atoms with Gasteiger partial charge >= 0.3 is 0 Å². The second kappa shape index (κ2) is 7.78. The molecule has 0 aliphatic carbocycles. The minimum atomic E-state index is -0.0456. The Kier molecular flexibility index (Phi) is 4.97. The molecule has 2 aromatic carbocycles. The monoisotopic (exact) mass is 405 g/mol. The van der Waals surface area contributed by atoms with Crippen LogP contribution >= 0.6 is 0 Å². The molecule has 1 fully saturated rings. The van der Waals surface area contributed by atoms with E-state index in [0.29, 0.717) is 0 Å². The zero-order valence-electron chi connectivity index (χ0n) is 17.7. The fourth-order valence-electron chi connectivity index (χ4n) is 4.38. The van der Waals surface area contributed by atoms with E-state index in [1.54, 1.807) is 0 Å². The lowest BCUT2D eigenvalue weighted by Gasteiger charge is -2.38. The zero-order chi connectivity index (χ0) is 20.7. The van der Waals surface area contributed by atoms with E-state index in [1.807, 2.05) is 23.9 Å². The van der Waals surface area contributed by atoms with Gasteiger partial charge in [-0.1, -0.05) is 36.4 Å². The minimum absolute atomic E-state index is 0.00709. The van der Waals surface area contributed by atoms with Gasteiger partial charge in [0.2, 0.25) is 6.79 Å². The van der Waals surface area contributed by atoms with Crippen LogP contribution in [0.5, 0.6) is 11.5 Å². The molecule has 0 bridgehead atoms. The Morgan fingerprint density at radius 1 is 0.933 bits per heavy atom. The maximum absolute atomic E-state index is 6.59. The van der Waals surface area contributed by atoms with Crippen LogP contribution in [0.3, 0.4) is 0 Å². The number of benzene rings is 2. The normalized spacial score (nSPS) is 21.2. The van der Waals surface area contributed by atoms with Crippen LogP contribution in [0.4, 0.5) is 0 Å². The standard InChI is InChI=1S/C24H27N3O3/c1-16-20(17(2)26(3)25-16)12-27-13-23(18-7-5-4-6-8-18)30-24(14-27)19-9-10-21-22(11-19)29-15-28-21/h4-11,23-24H,12-15H2,1-3H3/t23-,24+/m0/s1. The Hall–Kier alpha value is -2.83. The van der Waals surface area contributed by atoms with Crippen LogP contribution < -0.4 is 9.47 Å². The molecule has 0 spiro atoms. The number of rotatable bonds is 4. The third kappa shape index (κ3) is 3.57. The molecule has 30 heavy (non-hydrogen) atoms. The number of hydrogen-bond donors (Lipinski definition) is 0. The summed E-state index contributed by atoms with van der Waals surface area (Å²) >= 11 is 0. The van der Waals surface area contributed by atoms with E-state index in [2.05, 4.69) is 60.2 Å². The lowest BCUT2D eigenvalue weighted by atomic mass is 10.0. The molecule has 3 heterocycles. The first-order valence-electron chi connectivity index (χ1n) is 10.4. The molecule has 6 nitrogen and oxygen atoms in total. The quantitative estimate of drug-likeness (QED) is 0.655. The Labute approximate surface area is 177 Å². The van der Waals surface area contributed by atoms with E-state index in [1.165, 1.54) is 16.8 Å². The molecule has 0 radical (unpaired) electrons. The number of ether oxygens (including phenoxy) is 3. The highest BCUT2D eigenvalue weighted by Gasteiger charge is 2.31. The van der Waals surface area contributed by atoms with Crippen LogP contribution in [0.25, 0.3) is 0 Å². The zero-order valence-corrected chi connectivity index (χ0v) is 17.7. The molecule has 2 atom stereocenters. The van der Waals surface area contributed by atoms with E-state index >= 15 is 0 Å². The molecule has 3 aromatic rings. The number of aromatic nitrogens is 2. The lowest BCUT2D eigenvalue weighted by molar-refractivity contribution is -0.0923. The number of morpholine rings is 1. The molecule has 2 aliphatic heterocycles. The molecule has 0 N–H and O–H groups in total. The van der Waals surface area contributed by atoms with Gasteiger partial charge < -0.3 is 14.2 Å². The van der Waals surface area contributed by atoms with Crippen molar-refractivity contribution in [2.45, 2.75) is 32.6 Å². The van der Waals surface area contributed by atoms with Crippen molar-refractivity contribution in [1.29, 1.82) is 0 Å². The van der Waals surface area contributed by atoms with Crippen LogP contribution in [0, 0.1) is 13.8 Å². The van der Waals surface area contributed by atoms with Crippen LogP contribution in [0.15, 0.2) is 48.5 Å². The number of hydrogen-bond acceptors (Lipinski definition) is 5. The molecule has 5 rings (SSSR count). The Balaban J connectivity index is 1.45. The molecular formula is C24H27N3O3. The summed E-state index contributed by atoms with van der Waals surface area (Å²) in [5.74, 6) is 1.59. The van der Waals surface area contributed by atoms with Gasteiger partial charge in [0.05, 0.1) is 17.9 Å². The predicted octanol–water partition coefficient (Wildman–Crippen LogP) is 4.08. The van der Waals surface area contributed by atoms with Crippen molar-refractivity contribution in [3.63, 3.8) is 0 Å². The molecule has 1 aromatic heterocycles. The van der Waals surface area contributed by atoms with Gasteiger partial charge in [0, 0.05) is 37.9 Å². The van der Waals surface area contributed by atoms with Gasteiger partial charge in [-0.05, 0) is 37.1 Å². The van der Waals surface area contributed by atoms with E-state index in [0.717, 1.165) is 42.4 Å². The SMILES string of the molecule is Cc1nn(C)c(C)c1CN1C[C@@H](c2ccccc2)O[C@@H](c2ccc3c(c2)OCO3)C1. The van der Waals surface area contributed by atoms with Crippen molar-refractivity contribution in [1.82, 2.24) is 14.7 Å². The highest BCUT2D eigenvalue weighted by Crippen LogP contribution is 2.39. The average Bonchev–Trinajstić information content (AvgIpc) is 3.33. The molecule has 1 saturated heterocycles. The summed E-state index contributed by atoms with van der Waals surface area (Å²) < 4.78 is 19.6. The van der Waals surface area contributed by atoms with Crippen LogP contribution in [0.2, 0.25) is 0 Å². The lowest BCUT2D eigenvalue weighted by Crippen LogP contribution is -2.40. The third-order valence-corrected chi connectivity index (χ3v) is 6.16. The molecule has 0 saturated carbocycles. The van der Waals surface area contributed by atoms with Gasteiger partial charge in [0.15, 0.2) is 11.5 Å². The smallest absolute Gasteiger partial charge is 0.231 e. The second-order valence-electron chi connectivity index (χ2n) is 8.10. The summed E-state index contributed by atoms with van der Waals surface area (Å²) in [6.45, 7) is 7.03. The van der Waals surface area contributed by atoms with Crippen molar-refractivity contribution in [2.75, 3.05) is 19.9 Å².